The van der Waals surface area contributed by atoms with Crippen LogP contribution < -0.4 is 25.8 Å². The van der Waals surface area contributed by atoms with Crippen LogP contribution in [0, 0.1) is 0 Å². The highest BCUT2D eigenvalue weighted by Crippen LogP contribution is 2.14. The number of nitrogens with one attached hydrogen (secondary N) is 2. The van der Waals surface area contributed by atoms with Crippen LogP contribution >= 0.6 is 11.3 Å². The molecule has 1 atom stereocenters. The molecule has 1 aromatic heterocycles. The van der Waals surface area contributed by atoms with Crippen molar-refractivity contribution in [3.8, 4) is 10.9 Å². The fourth-order valence-electron chi connectivity index (χ4n) is 3.51. The van der Waals surface area contributed by atoms with Crippen LogP contribution in [0.3, 0.4) is 0 Å². The third kappa shape index (κ3) is 18.5. The van der Waals surface area contributed by atoms with Gasteiger partial charge in [0, 0.05) is 36.8 Å². The van der Waals surface area contributed by atoms with Gasteiger partial charge < -0.3 is 30.9 Å². The zero-order valence-corrected chi connectivity index (χ0v) is 23.6. The first-order valence-electron chi connectivity index (χ1n) is 13.7. The molecule has 0 aliphatic heterocycles. The molecular formula is C28H46N4O5S. The molecule has 214 valence electrons. The fourth-order valence-corrected chi connectivity index (χ4v) is 4.00. The van der Waals surface area contributed by atoms with E-state index >= 15 is 0 Å². The minimum Gasteiger partial charge on any atom is -0.492 e. The van der Waals surface area contributed by atoms with Crippen LogP contribution in [0.25, 0.3) is 0 Å². The summed E-state index contributed by atoms with van der Waals surface area (Å²) < 4.78 is 10.8. The Labute approximate surface area is 231 Å². The standard InChI is InChI=1S/C15H19N3O4S.C13H27NO/c16-14(20)11-1-3-13(4-2-11)21-7-5-17-9-12(19)10-22-15-18-6-8-23-15;1-2-3-4-5-6-7-8-9-10-11-12-14-13-15/h1-4,6,8,12,17,19H,5,7,9-10H2,(H2,16,20);13H,2-12H2,1H3,(H,14,15). The average Bonchev–Trinajstić information content (AvgIpc) is 3.45. The Balaban J connectivity index is 0.000000420. The first-order chi connectivity index (χ1) is 18.6. The highest BCUT2D eigenvalue weighted by molar-refractivity contribution is 7.11. The van der Waals surface area contributed by atoms with Crippen molar-refractivity contribution in [2.24, 2.45) is 5.73 Å². The number of nitrogens with zero attached hydrogens (tertiary/aromatic N) is 1. The molecule has 1 heterocycles. The van der Waals surface area contributed by atoms with Crippen LogP contribution in [-0.2, 0) is 4.79 Å². The molecule has 2 rings (SSSR count). The molecule has 5 N–H and O–H groups in total. The predicted molar refractivity (Wildman–Crippen MR) is 153 cm³/mol. The molecule has 0 bridgehead atoms. The van der Waals surface area contributed by atoms with Crippen molar-refractivity contribution in [3.05, 3.63) is 41.4 Å². The van der Waals surface area contributed by atoms with Gasteiger partial charge in [-0.15, -0.1) is 0 Å². The smallest absolute Gasteiger partial charge is 0.273 e. The zero-order chi connectivity index (χ0) is 27.7. The van der Waals surface area contributed by atoms with E-state index in [0.717, 1.165) is 19.4 Å². The maximum absolute atomic E-state index is 10.9. The van der Waals surface area contributed by atoms with Crippen LogP contribution in [0.5, 0.6) is 10.9 Å². The number of aliphatic hydroxyl groups excluding tert-OH is 1. The molecule has 1 unspecified atom stereocenters. The summed E-state index contributed by atoms with van der Waals surface area (Å²) >= 11 is 1.38. The summed E-state index contributed by atoms with van der Waals surface area (Å²) in [7, 11) is 0. The van der Waals surface area contributed by atoms with Gasteiger partial charge in [-0.05, 0) is 30.7 Å². The van der Waals surface area contributed by atoms with Crippen molar-refractivity contribution in [2.45, 2.75) is 77.2 Å². The first-order valence-corrected chi connectivity index (χ1v) is 14.6. The van der Waals surface area contributed by atoms with Gasteiger partial charge in [0.1, 0.15) is 25.1 Å². The van der Waals surface area contributed by atoms with Crippen molar-refractivity contribution in [1.29, 1.82) is 0 Å². The molecule has 0 radical (unpaired) electrons. The normalized spacial score (nSPS) is 11.2. The average molecular weight is 551 g/mol. The Kier molecular flexibility index (Phi) is 20.6. The molecule has 1 aromatic carbocycles. The van der Waals surface area contributed by atoms with Crippen molar-refractivity contribution in [1.82, 2.24) is 15.6 Å². The van der Waals surface area contributed by atoms with Crippen LogP contribution in [-0.4, -0.2) is 61.4 Å². The number of amides is 2. The number of carbonyl (C=O) groups excluding carboxylic acids is 2. The summed E-state index contributed by atoms with van der Waals surface area (Å²) in [5, 5.41) is 17.9. The van der Waals surface area contributed by atoms with E-state index in [1.54, 1.807) is 30.5 Å². The Hall–Kier alpha value is -2.69. The quantitative estimate of drug-likeness (QED) is 0.127. The van der Waals surface area contributed by atoms with Crippen LogP contribution in [0.4, 0.5) is 0 Å². The number of hydrogen-bond acceptors (Lipinski definition) is 8. The van der Waals surface area contributed by atoms with Gasteiger partial charge in [-0.3, -0.25) is 9.59 Å². The number of nitrogens with two attached hydrogens (primary N) is 1. The Bertz CT molecular complexity index is 821. The van der Waals surface area contributed by atoms with Crippen LogP contribution in [0.1, 0.15) is 81.5 Å². The topological polar surface area (TPSA) is 136 Å². The van der Waals surface area contributed by atoms with E-state index < -0.39 is 12.0 Å². The van der Waals surface area contributed by atoms with Crippen molar-refractivity contribution in [2.75, 3.05) is 32.8 Å². The van der Waals surface area contributed by atoms with Gasteiger partial charge in [0.05, 0.1) is 0 Å². The van der Waals surface area contributed by atoms with E-state index in [2.05, 4.69) is 22.5 Å². The highest BCUT2D eigenvalue weighted by atomic mass is 32.1. The van der Waals surface area contributed by atoms with Crippen LogP contribution in [0.15, 0.2) is 35.8 Å². The third-order valence-electron chi connectivity index (χ3n) is 5.63. The minimum absolute atomic E-state index is 0.190. The van der Waals surface area contributed by atoms with Gasteiger partial charge in [0.2, 0.25) is 12.3 Å². The lowest BCUT2D eigenvalue weighted by Crippen LogP contribution is -2.33. The molecule has 38 heavy (non-hydrogen) atoms. The highest BCUT2D eigenvalue weighted by Gasteiger charge is 2.06. The van der Waals surface area contributed by atoms with Gasteiger partial charge in [0.25, 0.3) is 5.19 Å². The Morgan fingerprint density at radius 1 is 1.03 bits per heavy atom. The number of aromatic nitrogens is 1. The number of ether oxygens (including phenoxy) is 2. The number of carbonyl (C=O) groups is 2. The molecule has 0 fully saturated rings. The second kappa shape index (κ2) is 23.4. The van der Waals surface area contributed by atoms with E-state index in [9.17, 15) is 14.7 Å². The lowest BCUT2D eigenvalue weighted by Gasteiger charge is -2.12. The predicted octanol–water partition coefficient (Wildman–Crippen LogP) is 4.30. The Morgan fingerprint density at radius 2 is 1.68 bits per heavy atom. The monoisotopic (exact) mass is 550 g/mol. The number of benzene rings is 1. The lowest BCUT2D eigenvalue weighted by molar-refractivity contribution is -0.109. The minimum atomic E-state index is -0.617. The number of rotatable bonds is 22. The summed E-state index contributed by atoms with van der Waals surface area (Å²) in [4.78, 5) is 24.9. The third-order valence-corrected chi connectivity index (χ3v) is 6.32. The molecular weight excluding hydrogens is 504 g/mol. The molecule has 2 amide bonds. The molecule has 10 heteroatoms. The number of unbranched alkanes of at least 4 members (excludes halogenated alkanes) is 9. The zero-order valence-electron chi connectivity index (χ0n) is 22.7. The van der Waals surface area contributed by atoms with E-state index in [1.807, 2.05) is 5.38 Å². The van der Waals surface area contributed by atoms with Gasteiger partial charge >= 0.3 is 0 Å². The maximum atomic E-state index is 10.9. The largest absolute Gasteiger partial charge is 0.492 e. The van der Waals surface area contributed by atoms with E-state index in [0.29, 0.717) is 36.2 Å². The Morgan fingerprint density at radius 3 is 2.26 bits per heavy atom. The number of hydrogen-bond donors (Lipinski definition) is 4. The second-order valence-electron chi connectivity index (χ2n) is 8.96. The molecule has 0 saturated heterocycles. The lowest BCUT2D eigenvalue weighted by atomic mass is 10.1. The maximum Gasteiger partial charge on any atom is 0.273 e. The molecule has 0 saturated carbocycles. The van der Waals surface area contributed by atoms with Gasteiger partial charge in [0.15, 0.2) is 0 Å². The molecule has 0 spiro atoms. The molecule has 0 aliphatic carbocycles. The fraction of sp³-hybridized carbons (Fsp3) is 0.607. The van der Waals surface area contributed by atoms with Gasteiger partial charge in [-0.25, -0.2) is 4.98 Å². The summed E-state index contributed by atoms with van der Waals surface area (Å²) in [5.74, 6) is 0.191. The molecule has 2 aromatic rings. The summed E-state index contributed by atoms with van der Waals surface area (Å²) in [6, 6.07) is 6.61. The summed E-state index contributed by atoms with van der Waals surface area (Å²) in [6.07, 6.45) is 15.3. The SMILES string of the molecule is CCCCCCCCCCCCNC=O.NC(=O)c1ccc(OCCNCC(O)COc2nccs2)cc1. The molecule has 0 aliphatic rings. The van der Waals surface area contributed by atoms with Crippen LogP contribution in [0.2, 0.25) is 0 Å². The van der Waals surface area contributed by atoms with Crippen molar-refractivity contribution in [3.63, 3.8) is 0 Å². The van der Waals surface area contributed by atoms with Crippen molar-refractivity contribution < 1.29 is 24.2 Å². The van der Waals surface area contributed by atoms with Gasteiger partial charge in [-0.2, -0.15) is 0 Å². The van der Waals surface area contributed by atoms with Crippen molar-refractivity contribution >= 4 is 23.7 Å². The summed E-state index contributed by atoms with van der Waals surface area (Å²) in [6.45, 7) is 4.71. The number of thiazole rings is 1. The first kappa shape index (κ1) is 33.3. The second-order valence-corrected chi connectivity index (χ2v) is 9.82. The molecule has 9 nitrogen and oxygen atoms in total. The van der Waals surface area contributed by atoms with E-state index in [-0.39, 0.29) is 6.61 Å². The van der Waals surface area contributed by atoms with E-state index in [4.69, 9.17) is 15.2 Å². The number of primary amides is 1. The summed E-state index contributed by atoms with van der Waals surface area (Å²) in [5.41, 5.74) is 5.60. The van der Waals surface area contributed by atoms with E-state index in [1.165, 1.54) is 69.1 Å². The number of aliphatic hydroxyl groups is 1. The van der Waals surface area contributed by atoms with Gasteiger partial charge in [-0.1, -0.05) is 76.0 Å².